The third kappa shape index (κ3) is 3.36. The summed E-state index contributed by atoms with van der Waals surface area (Å²) in [5.74, 6) is -0.337. The van der Waals surface area contributed by atoms with Gasteiger partial charge in [0.15, 0.2) is 11.5 Å². The second kappa shape index (κ2) is 5.91. The molecule has 0 aliphatic heterocycles. The number of rotatable bonds is 5. The highest BCUT2D eigenvalue weighted by Crippen LogP contribution is 2.39. The lowest BCUT2D eigenvalue weighted by atomic mass is 10.0. The van der Waals surface area contributed by atoms with Crippen molar-refractivity contribution in [3.8, 4) is 11.5 Å². The van der Waals surface area contributed by atoms with Crippen molar-refractivity contribution in [3.63, 3.8) is 0 Å². The van der Waals surface area contributed by atoms with Crippen molar-refractivity contribution >= 4 is 21.9 Å². The molecule has 0 aromatic heterocycles. The van der Waals surface area contributed by atoms with Gasteiger partial charge in [-0.3, -0.25) is 4.79 Å². The fourth-order valence-corrected chi connectivity index (χ4v) is 2.36. The van der Waals surface area contributed by atoms with E-state index < -0.39 is 5.97 Å². The monoisotopic (exact) mass is 302 g/mol. The van der Waals surface area contributed by atoms with Gasteiger partial charge in [-0.05, 0) is 52.9 Å². The number of aromatic hydroxyl groups is 1. The van der Waals surface area contributed by atoms with Crippen LogP contribution in [0.1, 0.15) is 24.0 Å². The normalized spacial score (nSPS) is 10.3. The average molecular weight is 303 g/mol. The Labute approximate surface area is 108 Å². The molecule has 0 bridgehead atoms. The lowest BCUT2D eigenvalue weighted by Gasteiger charge is -2.13. The molecular weight excluding hydrogens is 288 g/mol. The molecule has 0 atom stereocenters. The fourth-order valence-electron chi connectivity index (χ4n) is 1.66. The number of carboxylic acid groups (broad SMARTS) is 1. The number of methoxy groups -OCH3 is 1. The average Bonchev–Trinajstić information content (AvgIpc) is 2.27. The van der Waals surface area contributed by atoms with Crippen LogP contribution in [0.5, 0.6) is 11.5 Å². The lowest BCUT2D eigenvalue weighted by Crippen LogP contribution is -1.99. The highest BCUT2D eigenvalue weighted by Gasteiger charge is 2.14. The van der Waals surface area contributed by atoms with Gasteiger partial charge in [0.2, 0.25) is 0 Å². The number of benzene rings is 1. The third-order valence-electron chi connectivity index (χ3n) is 2.57. The van der Waals surface area contributed by atoms with E-state index in [1.54, 1.807) is 6.07 Å². The maximum atomic E-state index is 10.4. The highest BCUT2D eigenvalue weighted by atomic mass is 79.9. The molecule has 2 N–H and O–H groups in total. The molecule has 0 fully saturated rings. The predicted octanol–water partition coefficient (Wildman–Crippen LogP) is 2.88. The first-order chi connectivity index (χ1) is 7.97. The molecule has 0 aliphatic carbocycles. The Morgan fingerprint density at radius 1 is 1.53 bits per heavy atom. The molecule has 0 amide bonds. The Bertz CT molecular complexity index is 429. The number of halogens is 1. The van der Waals surface area contributed by atoms with Gasteiger partial charge in [0, 0.05) is 6.42 Å². The standard InChI is InChI=1S/C12H15BrO4/c1-7-6-9(17-2)12(16)11(13)8(7)4-3-5-10(14)15/h6,16H,3-5H2,1-2H3,(H,14,15). The number of carbonyl (C=O) groups is 1. The first kappa shape index (κ1) is 13.8. The van der Waals surface area contributed by atoms with E-state index in [0.29, 0.717) is 23.1 Å². The van der Waals surface area contributed by atoms with Crippen LogP contribution < -0.4 is 4.74 Å². The molecule has 0 heterocycles. The maximum absolute atomic E-state index is 10.4. The van der Waals surface area contributed by atoms with Crippen LogP contribution in [0.4, 0.5) is 0 Å². The Balaban J connectivity index is 2.92. The van der Waals surface area contributed by atoms with Gasteiger partial charge >= 0.3 is 5.97 Å². The maximum Gasteiger partial charge on any atom is 0.303 e. The number of aryl methyl sites for hydroxylation is 1. The molecule has 0 spiro atoms. The quantitative estimate of drug-likeness (QED) is 0.877. The Morgan fingerprint density at radius 3 is 2.71 bits per heavy atom. The van der Waals surface area contributed by atoms with Crippen molar-refractivity contribution in [3.05, 3.63) is 21.7 Å². The van der Waals surface area contributed by atoms with E-state index in [9.17, 15) is 9.90 Å². The summed E-state index contributed by atoms with van der Waals surface area (Å²) < 4.78 is 5.61. The van der Waals surface area contributed by atoms with Gasteiger partial charge in [0.25, 0.3) is 0 Å². The topological polar surface area (TPSA) is 66.8 Å². The summed E-state index contributed by atoms with van der Waals surface area (Å²) >= 11 is 3.31. The first-order valence-electron chi connectivity index (χ1n) is 5.24. The van der Waals surface area contributed by atoms with Crippen LogP contribution in [-0.2, 0) is 11.2 Å². The van der Waals surface area contributed by atoms with Crippen molar-refractivity contribution in [2.45, 2.75) is 26.2 Å². The zero-order valence-electron chi connectivity index (χ0n) is 9.79. The van der Waals surface area contributed by atoms with Crippen LogP contribution >= 0.6 is 15.9 Å². The molecule has 5 heteroatoms. The Morgan fingerprint density at radius 2 is 2.18 bits per heavy atom. The van der Waals surface area contributed by atoms with E-state index in [0.717, 1.165) is 11.1 Å². The van der Waals surface area contributed by atoms with E-state index >= 15 is 0 Å². The molecule has 1 aromatic rings. The number of phenolic OH excluding ortho intramolecular Hbond substituents is 1. The highest BCUT2D eigenvalue weighted by molar-refractivity contribution is 9.10. The van der Waals surface area contributed by atoms with Crippen molar-refractivity contribution in [2.24, 2.45) is 0 Å². The zero-order chi connectivity index (χ0) is 13.0. The van der Waals surface area contributed by atoms with Gasteiger partial charge in [-0.1, -0.05) is 0 Å². The second-order valence-corrected chi connectivity index (χ2v) is 4.58. The smallest absolute Gasteiger partial charge is 0.303 e. The van der Waals surface area contributed by atoms with Crippen LogP contribution in [0.2, 0.25) is 0 Å². The van der Waals surface area contributed by atoms with E-state index in [1.165, 1.54) is 7.11 Å². The minimum atomic E-state index is -0.809. The lowest BCUT2D eigenvalue weighted by molar-refractivity contribution is -0.137. The van der Waals surface area contributed by atoms with Crippen LogP contribution in [0.3, 0.4) is 0 Å². The molecule has 0 unspecified atom stereocenters. The largest absolute Gasteiger partial charge is 0.503 e. The number of hydrogen-bond acceptors (Lipinski definition) is 3. The van der Waals surface area contributed by atoms with Crippen LogP contribution in [0, 0.1) is 6.92 Å². The van der Waals surface area contributed by atoms with Crippen molar-refractivity contribution < 1.29 is 19.7 Å². The minimum absolute atomic E-state index is 0.0587. The first-order valence-corrected chi connectivity index (χ1v) is 6.03. The Hall–Kier alpha value is -1.23. The molecule has 4 nitrogen and oxygen atoms in total. The summed E-state index contributed by atoms with van der Waals surface area (Å²) in [6.45, 7) is 1.91. The van der Waals surface area contributed by atoms with Gasteiger partial charge in [-0.15, -0.1) is 0 Å². The molecule has 0 saturated carbocycles. The van der Waals surface area contributed by atoms with E-state index in [2.05, 4.69) is 15.9 Å². The van der Waals surface area contributed by atoms with E-state index in [1.807, 2.05) is 6.92 Å². The van der Waals surface area contributed by atoms with E-state index in [4.69, 9.17) is 9.84 Å². The molecule has 0 aliphatic rings. The number of aliphatic carboxylic acids is 1. The summed E-state index contributed by atoms with van der Waals surface area (Å²) in [6, 6.07) is 1.75. The van der Waals surface area contributed by atoms with Crippen LogP contribution in [-0.4, -0.2) is 23.3 Å². The van der Waals surface area contributed by atoms with Gasteiger partial charge in [-0.25, -0.2) is 0 Å². The van der Waals surface area contributed by atoms with E-state index in [-0.39, 0.29) is 12.2 Å². The van der Waals surface area contributed by atoms with Crippen molar-refractivity contribution in [2.75, 3.05) is 7.11 Å². The second-order valence-electron chi connectivity index (χ2n) is 3.78. The summed E-state index contributed by atoms with van der Waals surface area (Å²) in [7, 11) is 1.49. The van der Waals surface area contributed by atoms with Gasteiger partial charge in [0.05, 0.1) is 11.6 Å². The van der Waals surface area contributed by atoms with Gasteiger partial charge < -0.3 is 14.9 Å². The summed E-state index contributed by atoms with van der Waals surface area (Å²) in [4.78, 5) is 10.4. The number of ether oxygens (including phenoxy) is 1. The fraction of sp³-hybridized carbons (Fsp3) is 0.417. The summed E-state index contributed by atoms with van der Waals surface area (Å²) in [6.07, 6.45) is 1.27. The molecule has 1 rings (SSSR count). The predicted molar refractivity (Wildman–Crippen MR) is 67.7 cm³/mol. The SMILES string of the molecule is COc1cc(C)c(CCCC(=O)O)c(Br)c1O. The minimum Gasteiger partial charge on any atom is -0.503 e. The molecule has 17 heavy (non-hydrogen) atoms. The van der Waals surface area contributed by atoms with Crippen molar-refractivity contribution in [1.29, 1.82) is 0 Å². The van der Waals surface area contributed by atoms with Crippen LogP contribution in [0.15, 0.2) is 10.5 Å². The molecular formula is C12H15BrO4. The van der Waals surface area contributed by atoms with Gasteiger partial charge in [0.1, 0.15) is 0 Å². The number of carboxylic acids is 1. The summed E-state index contributed by atoms with van der Waals surface area (Å²) in [5, 5.41) is 18.4. The number of hydrogen-bond donors (Lipinski definition) is 2. The molecule has 0 saturated heterocycles. The van der Waals surface area contributed by atoms with Crippen LogP contribution in [0.25, 0.3) is 0 Å². The van der Waals surface area contributed by atoms with Crippen molar-refractivity contribution in [1.82, 2.24) is 0 Å². The third-order valence-corrected chi connectivity index (χ3v) is 3.42. The number of phenols is 1. The molecule has 94 valence electrons. The molecule has 1 aromatic carbocycles. The van der Waals surface area contributed by atoms with Gasteiger partial charge in [-0.2, -0.15) is 0 Å². The Kier molecular flexibility index (Phi) is 4.81. The molecule has 0 radical (unpaired) electrons. The zero-order valence-corrected chi connectivity index (χ0v) is 11.4. The summed E-state index contributed by atoms with van der Waals surface area (Å²) in [5.41, 5.74) is 1.89.